The number of alkyl halides is 1. The minimum Gasteiger partial charge on any atom is -0.343 e. The molecular formula is C9H16ClNO. The van der Waals surface area contributed by atoms with Crippen LogP contribution in [0.25, 0.3) is 0 Å². The molecule has 0 N–H and O–H groups in total. The van der Waals surface area contributed by atoms with Crippen LogP contribution in [0.2, 0.25) is 0 Å². The van der Waals surface area contributed by atoms with Gasteiger partial charge < -0.3 is 4.90 Å². The molecule has 1 fully saturated rings. The van der Waals surface area contributed by atoms with Crippen molar-refractivity contribution < 1.29 is 4.79 Å². The quantitative estimate of drug-likeness (QED) is 0.608. The van der Waals surface area contributed by atoms with Crippen molar-refractivity contribution in [1.82, 2.24) is 4.90 Å². The second-order valence-corrected chi connectivity index (χ2v) is 3.88. The van der Waals surface area contributed by atoms with E-state index in [1.165, 1.54) is 0 Å². The lowest BCUT2D eigenvalue weighted by Crippen LogP contribution is -2.37. The van der Waals surface area contributed by atoms with Crippen molar-refractivity contribution in [2.45, 2.75) is 26.2 Å². The predicted molar refractivity (Wildman–Crippen MR) is 50.3 cm³/mol. The summed E-state index contributed by atoms with van der Waals surface area (Å²) in [6.07, 6.45) is 2.79. The first-order valence-electron chi connectivity index (χ1n) is 4.57. The summed E-state index contributed by atoms with van der Waals surface area (Å²) < 4.78 is 0. The number of piperidine rings is 1. The third-order valence-electron chi connectivity index (χ3n) is 2.44. The average Bonchev–Trinajstić information content (AvgIpc) is 2.06. The molecule has 0 spiro atoms. The van der Waals surface area contributed by atoms with Crippen LogP contribution in [0.15, 0.2) is 0 Å². The van der Waals surface area contributed by atoms with E-state index in [1.807, 2.05) is 4.90 Å². The topological polar surface area (TPSA) is 20.3 Å². The second-order valence-electron chi connectivity index (χ2n) is 3.50. The molecule has 2 nitrogen and oxygen atoms in total. The molecule has 0 unspecified atom stereocenters. The first-order chi connectivity index (χ1) is 5.74. The molecule has 0 bridgehead atoms. The summed E-state index contributed by atoms with van der Waals surface area (Å²) in [7, 11) is 0. The van der Waals surface area contributed by atoms with E-state index in [0.717, 1.165) is 31.8 Å². The molecule has 70 valence electrons. The van der Waals surface area contributed by atoms with Gasteiger partial charge >= 0.3 is 0 Å². The van der Waals surface area contributed by atoms with Crippen molar-refractivity contribution in [2.75, 3.05) is 19.0 Å². The Balaban J connectivity index is 2.29. The zero-order valence-corrected chi connectivity index (χ0v) is 8.31. The average molecular weight is 190 g/mol. The molecule has 0 aromatic carbocycles. The number of likely N-dealkylation sites (tertiary alicyclic amines) is 1. The van der Waals surface area contributed by atoms with Gasteiger partial charge in [0.2, 0.25) is 5.91 Å². The van der Waals surface area contributed by atoms with Crippen LogP contribution >= 0.6 is 11.6 Å². The van der Waals surface area contributed by atoms with Crippen LogP contribution in [0.4, 0.5) is 0 Å². The SMILES string of the molecule is CC1CCN(C(=O)CCCl)CC1. The van der Waals surface area contributed by atoms with Crippen LogP contribution in [-0.2, 0) is 4.79 Å². The predicted octanol–water partition coefficient (Wildman–Crippen LogP) is 1.87. The van der Waals surface area contributed by atoms with Gasteiger partial charge in [0.1, 0.15) is 0 Å². The number of rotatable bonds is 2. The van der Waals surface area contributed by atoms with E-state index in [0.29, 0.717) is 12.3 Å². The Hall–Kier alpha value is -0.240. The maximum Gasteiger partial charge on any atom is 0.223 e. The Labute approximate surface area is 78.9 Å². The summed E-state index contributed by atoms with van der Waals surface area (Å²) in [6.45, 7) is 4.09. The fraction of sp³-hybridized carbons (Fsp3) is 0.889. The summed E-state index contributed by atoms with van der Waals surface area (Å²) >= 11 is 5.50. The Bertz CT molecular complexity index is 153. The third-order valence-corrected chi connectivity index (χ3v) is 2.63. The number of hydrogen-bond acceptors (Lipinski definition) is 1. The van der Waals surface area contributed by atoms with E-state index in [4.69, 9.17) is 11.6 Å². The first-order valence-corrected chi connectivity index (χ1v) is 5.11. The largest absolute Gasteiger partial charge is 0.343 e. The lowest BCUT2D eigenvalue weighted by Gasteiger charge is -2.30. The van der Waals surface area contributed by atoms with Gasteiger partial charge in [-0.1, -0.05) is 6.92 Å². The number of nitrogens with zero attached hydrogens (tertiary/aromatic N) is 1. The molecule has 0 aliphatic carbocycles. The summed E-state index contributed by atoms with van der Waals surface area (Å²) in [6, 6.07) is 0. The molecule has 1 aliphatic rings. The van der Waals surface area contributed by atoms with Crippen LogP contribution in [0.1, 0.15) is 26.2 Å². The normalized spacial score (nSPS) is 19.7. The van der Waals surface area contributed by atoms with Crippen molar-refractivity contribution in [2.24, 2.45) is 5.92 Å². The number of carbonyl (C=O) groups excluding carboxylic acids is 1. The minimum absolute atomic E-state index is 0.219. The van der Waals surface area contributed by atoms with Crippen molar-refractivity contribution in [1.29, 1.82) is 0 Å². The van der Waals surface area contributed by atoms with Crippen molar-refractivity contribution in [3.63, 3.8) is 0 Å². The van der Waals surface area contributed by atoms with Gasteiger partial charge in [-0.3, -0.25) is 4.79 Å². The van der Waals surface area contributed by atoms with Crippen LogP contribution in [0, 0.1) is 5.92 Å². The van der Waals surface area contributed by atoms with Gasteiger partial charge in [-0.2, -0.15) is 0 Å². The van der Waals surface area contributed by atoms with Gasteiger partial charge in [0.15, 0.2) is 0 Å². The van der Waals surface area contributed by atoms with Gasteiger partial charge in [0, 0.05) is 25.4 Å². The van der Waals surface area contributed by atoms with E-state index in [1.54, 1.807) is 0 Å². The van der Waals surface area contributed by atoms with Gasteiger partial charge in [-0.05, 0) is 18.8 Å². The highest BCUT2D eigenvalue weighted by Gasteiger charge is 2.19. The molecule has 0 atom stereocenters. The maximum absolute atomic E-state index is 11.3. The fourth-order valence-corrected chi connectivity index (χ4v) is 1.66. The minimum atomic E-state index is 0.219. The Morgan fingerprint density at radius 3 is 2.58 bits per heavy atom. The first kappa shape index (κ1) is 9.85. The van der Waals surface area contributed by atoms with Crippen molar-refractivity contribution in [3.05, 3.63) is 0 Å². The molecule has 3 heteroatoms. The van der Waals surface area contributed by atoms with Crippen LogP contribution in [-0.4, -0.2) is 29.8 Å². The van der Waals surface area contributed by atoms with Gasteiger partial charge in [-0.25, -0.2) is 0 Å². The number of halogens is 1. The molecule has 1 aliphatic heterocycles. The van der Waals surface area contributed by atoms with Crippen LogP contribution in [0.3, 0.4) is 0 Å². The lowest BCUT2D eigenvalue weighted by molar-refractivity contribution is -0.132. The van der Waals surface area contributed by atoms with E-state index in [-0.39, 0.29) is 5.91 Å². The highest BCUT2D eigenvalue weighted by molar-refractivity contribution is 6.18. The van der Waals surface area contributed by atoms with E-state index in [9.17, 15) is 4.79 Å². The molecule has 12 heavy (non-hydrogen) atoms. The molecule has 0 radical (unpaired) electrons. The Morgan fingerprint density at radius 2 is 2.08 bits per heavy atom. The van der Waals surface area contributed by atoms with Gasteiger partial charge in [-0.15, -0.1) is 11.6 Å². The molecule has 1 saturated heterocycles. The lowest BCUT2D eigenvalue weighted by atomic mass is 9.99. The molecular weight excluding hydrogens is 174 g/mol. The van der Waals surface area contributed by atoms with Crippen LogP contribution < -0.4 is 0 Å². The molecule has 0 aromatic heterocycles. The summed E-state index contributed by atoms with van der Waals surface area (Å²) in [5.41, 5.74) is 0. The highest BCUT2D eigenvalue weighted by atomic mass is 35.5. The zero-order chi connectivity index (χ0) is 8.97. The smallest absolute Gasteiger partial charge is 0.223 e. The summed E-state index contributed by atoms with van der Waals surface area (Å²) in [4.78, 5) is 13.3. The second kappa shape index (κ2) is 4.70. The monoisotopic (exact) mass is 189 g/mol. The molecule has 0 saturated carbocycles. The maximum atomic E-state index is 11.3. The standard InChI is InChI=1S/C9H16ClNO/c1-8-3-6-11(7-4-8)9(12)2-5-10/h8H,2-7H2,1H3. The molecule has 0 aromatic rings. The Morgan fingerprint density at radius 1 is 1.50 bits per heavy atom. The van der Waals surface area contributed by atoms with Crippen molar-refractivity contribution in [3.8, 4) is 0 Å². The number of amides is 1. The fourth-order valence-electron chi connectivity index (χ4n) is 1.50. The zero-order valence-electron chi connectivity index (χ0n) is 7.55. The highest BCUT2D eigenvalue weighted by Crippen LogP contribution is 2.16. The number of hydrogen-bond donors (Lipinski definition) is 0. The molecule has 1 amide bonds. The summed E-state index contributed by atoms with van der Waals surface area (Å²) in [5, 5.41) is 0. The van der Waals surface area contributed by atoms with E-state index >= 15 is 0 Å². The van der Waals surface area contributed by atoms with E-state index in [2.05, 4.69) is 6.92 Å². The summed E-state index contributed by atoms with van der Waals surface area (Å²) in [5.74, 6) is 1.45. The molecule has 1 rings (SSSR count). The van der Waals surface area contributed by atoms with Crippen molar-refractivity contribution >= 4 is 17.5 Å². The Kier molecular flexibility index (Phi) is 3.86. The van der Waals surface area contributed by atoms with Crippen LogP contribution in [0.5, 0.6) is 0 Å². The van der Waals surface area contributed by atoms with Gasteiger partial charge in [0.25, 0.3) is 0 Å². The number of carbonyl (C=O) groups is 1. The molecule has 1 heterocycles. The third kappa shape index (κ3) is 2.67. The van der Waals surface area contributed by atoms with Gasteiger partial charge in [0.05, 0.1) is 0 Å². The van der Waals surface area contributed by atoms with E-state index < -0.39 is 0 Å².